The number of aromatic nitrogens is 2. The van der Waals surface area contributed by atoms with E-state index in [2.05, 4.69) is 17.3 Å². The lowest BCUT2D eigenvalue weighted by atomic mass is 10.2. The molecular formula is C16H23N3O3. The molecule has 0 fully saturated rings. The molecule has 0 aliphatic heterocycles. The van der Waals surface area contributed by atoms with E-state index in [-0.39, 0.29) is 6.61 Å². The Hall–Kier alpha value is -2.21. The lowest BCUT2D eigenvalue weighted by Crippen LogP contribution is -2.03. The molecule has 1 heterocycles. The first kappa shape index (κ1) is 16.2. The Morgan fingerprint density at radius 3 is 2.91 bits per heavy atom. The van der Waals surface area contributed by atoms with Gasteiger partial charge < -0.3 is 19.9 Å². The predicted molar refractivity (Wildman–Crippen MR) is 85.4 cm³/mol. The molecule has 0 aliphatic rings. The number of aliphatic hydroxyl groups is 1. The van der Waals surface area contributed by atoms with Crippen molar-refractivity contribution in [3.63, 3.8) is 0 Å². The first-order chi connectivity index (χ1) is 10.8. The van der Waals surface area contributed by atoms with Gasteiger partial charge in [-0.2, -0.15) is 5.10 Å². The zero-order chi connectivity index (χ0) is 15.8. The number of hydrogen-bond donors (Lipinski definition) is 2. The summed E-state index contributed by atoms with van der Waals surface area (Å²) in [4.78, 5) is 0. The number of methoxy groups -OCH3 is 1. The number of hydrogen-bond acceptors (Lipinski definition) is 5. The Morgan fingerprint density at radius 1 is 1.32 bits per heavy atom. The number of benzene rings is 1. The maximum Gasteiger partial charge on any atom is 0.161 e. The van der Waals surface area contributed by atoms with Crippen molar-refractivity contribution >= 4 is 5.69 Å². The second-order valence-corrected chi connectivity index (χ2v) is 4.90. The van der Waals surface area contributed by atoms with Gasteiger partial charge in [-0.15, -0.1) is 0 Å². The molecule has 0 bridgehead atoms. The molecule has 22 heavy (non-hydrogen) atoms. The largest absolute Gasteiger partial charge is 0.493 e. The molecule has 0 saturated heterocycles. The maximum atomic E-state index is 8.88. The van der Waals surface area contributed by atoms with Gasteiger partial charge in [0, 0.05) is 12.7 Å². The lowest BCUT2D eigenvalue weighted by Gasteiger charge is -2.12. The molecule has 2 aromatic rings. The fourth-order valence-corrected chi connectivity index (χ4v) is 2.04. The molecule has 2 N–H and O–H groups in total. The molecule has 0 atom stereocenters. The summed E-state index contributed by atoms with van der Waals surface area (Å²) in [5.74, 6) is 1.51. The van der Waals surface area contributed by atoms with Crippen molar-refractivity contribution in [3.8, 4) is 11.5 Å². The number of anilines is 1. The molecule has 1 aromatic heterocycles. The van der Waals surface area contributed by atoms with E-state index in [1.807, 2.05) is 24.4 Å². The van der Waals surface area contributed by atoms with Gasteiger partial charge in [0.15, 0.2) is 11.5 Å². The molecule has 0 radical (unpaired) electrons. The Labute approximate surface area is 130 Å². The predicted octanol–water partition coefficient (Wildman–Crippen LogP) is 2.28. The van der Waals surface area contributed by atoms with Crippen molar-refractivity contribution in [1.82, 2.24) is 9.78 Å². The molecule has 6 nitrogen and oxygen atoms in total. The smallest absolute Gasteiger partial charge is 0.161 e. The van der Waals surface area contributed by atoms with Crippen molar-refractivity contribution in [1.29, 1.82) is 0 Å². The molecule has 0 amide bonds. The van der Waals surface area contributed by atoms with Crippen molar-refractivity contribution in [2.45, 2.75) is 26.4 Å². The Morgan fingerprint density at radius 2 is 2.18 bits per heavy atom. The minimum absolute atomic E-state index is 0.0811. The summed E-state index contributed by atoms with van der Waals surface area (Å²) in [6.45, 7) is 3.98. The summed E-state index contributed by atoms with van der Waals surface area (Å²) in [7, 11) is 1.64. The highest BCUT2D eigenvalue weighted by Gasteiger charge is 2.06. The van der Waals surface area contributed by atoms with E-state index < -0.39 is 0 Å². The van der Waals surface area contributed by atoms with Gasteiger partial charge in [0.05, 0.1) is 38.8 Å². The minimum atomic E-state index is 0.0811. The van der Waals surface area contributed by atoms with Gasteiger partial charge in [-0.1, -0.05) is 13.0 Å². The van der Waals surface area contributed by atoms with E-state index in [0.29, 0.717) is 19.7 Å². The van der Waals surface area contributed by atoms with Crippen LogP contribution in [0.15, 0.2) is 30.6 Å². The molecule has 0 aliphatic carbocycles. The summed E-state index contributed by atoms with van der Waals surface area (Å²) < 4.78 is 12.7. The Bertz CT molecular complexity index is 584. The third kappa shape index (κ3) is 4.39. The van der Waals surface area contributed by atoms with E-state index in [1.54, 1.807) is 18.0 Å². The lowest BCUT2D eigenvalue weighted by molar-refractivity contribution is 0.269. The number of ether oxygens (including phenoxy) is 2. The molecule has 2 rings (SSSR count). The zero-order valence-corrected chi connectivity index (χ0v) is 13.1. The number of rotatable bonds is 9. The van der Waals surface area contributed by atoms with Crippen LogP contribution in [0.2, 0.25) is 0 Å². The highest BCUT2D eigenvalue weighted by atomic mass is 16.5. The summed E-state index contributed by atoms with van der Waals surface area (Å²) in [5, 5.41) is 16.3. The van der Waals surface area contributed by atoms with Crippen LogP contribution in [0.25, 0.3) is 0 Å². The molecule has 6 heteroatoms. The minimum Gasteiger partial charge on any atom is -0.493 e. The van der Waals surface area contributed by atoms with Gasteiger partial charge in [0.1, 0.15) is 0 Å². The van der Waals surface area contributed by atoms with Gasteiger partial charge in [-0.3, -0.25) is 4.68 Å². The van der Waals surface area contributed by atoms with Gasteiger partial charge >= 0.3 is 0 Å². The van der Waals surface area contributed by atoms with Crippen LogP contribution < -0.4 is 14.8 Å². The third-order valence-electron chi connectivity index (χ3n) is 3.15. The van der Waals surface area contributed by atoms with Gasteiger partial charge in [0.25, 0.3) is 0 Å². The molecule has 0 spiro atoms. The van der Waals surface area contributed by atoms with Gasteiger partial charge in [-0.05, 0) is 24.1 Å². The summed E-state index contributed by atoms with van der Waals surface area (Å²) in [5.41, 5.74) is 2.02. The van der Waals surface area contributed by atoms with Gasteiger partial charge in [-0.25, -0.2) is 0 Å². The average Bonchev–Trinajstić information content (AvgIpc) is 2.99. The molecular weight excluding hydrogens is 282 g/mol. The molecule has 0 saturated carbocycles. The monoisotopic (exact) mass is 305 g/mol. The van der Waals surface area contributed by atoms with Crippen LogP contribution in [0.1, 0.15) is 18.9 Å². The quantitative estimate of drug-likeness (QED) is 0.744. The van der Waals surface area contributed by atoms with Gasteiger partial charge in [0.2, 0.25) is 0 Å². The molecule has 120 valence electrons. The van der Waals surface area contributed by atoms with E-state index >= 15 is 0 Å². The van der Waals surface area contributed by atoms with Crippen molar-refractivity contribution < 1.29 is 14.6 Å². The summed E-state index contributed by atoms with van der Waals surface area (Å²) in [6, 6.07) is 5.90. The van der Waals surface area contributed by atoms with Crippen molar-refractivity contribution in [2.24, 2.45) is 0 Å². The Kier molecular flexibility index (Phi) is 6.09. The van der Waals surface area contributed by atoms with Crippen LogP contribution in [0, 0.1) is 0 Å². The number of nitrogens with one attached hydrogen (secondary N) is 1. The topological polar surface area (TPSA) is 68.5 Å². The molecule has 0 unspecified atom stereocenters. The fraction of sp³-hybridized carbons (Fsp3) is 0.438. The van der Waals surface area contributed by atoms with Crippen LogP contribution in [-0.2, 0) is 13.1 Å². The second-order valence-electron chi connectivity index (χ2n) is 4.90. The first-order valence-corrected chi connectivity index (χ1v) is 7.43. The standard InChI is InChI=1S/C16H23N3O3/c1-3-8-22-16-9-13(4-5-15(16)21-2)10-17-14-11-18-19(12-14)6-7-20/h4-5,9,11-12,17,20H,3,6-8,10H2,1-2H3. The van der Waals surface area contributed by atoms with Crippen LogP contribution in [0.3, 0.4) is 0 Å². The van der Waals surface area contributed by atoms with Crippen LogP contribution in [0.4, 0.5) is 5.69 Å². The summed E-state index contributed by atoms with van der Waals surface area (Å²) in [6.07, 6.45) is 4.57. The van der Waals surface area contributed by atoms with Crippen molar-refractivity contribution in [3.05, 3.63) is 36.2 Å². The third-order valence-corrected chi connectivity index (χ3v) is 3.15. The average molecular weight is 305 g/mol. The maximum absolute atomic E-state index is 8.88. The van der Waals surface area contributed by atoms with E-state index in [4.69, 9.17) is 14.6 Å². The van der Waals surface area contributed by atoms with Crippen molar-refractivity contribution in [2.75, 3.05) is 25.6 Å². The summed E-state index contributed by atoms with van der Waals surface area (Å²) >= 11 is 0. The highest BCUT2D eigenvalue weighted by molar-refractivity contribution is 5.45. The normalized spacial score (nSPS) is 10.5. The molecule has 1 aromatic carbocycles. The van der Waals surface area contributed by atoms with Crippen LogP contribution in [-0.4, -0.2) is 35.2 Å². The van der Waals surface area contributed by atoms with Crippen LogP contribution in [0.5, 0.6) is 11.5 Å². The van der Waals surface area contributed by atoms with E-state index in [1.165, 1.54) is 0 Å². The SMILES string of the molecule is CCCOc1cc(CNc2cnn(CCO)c2)ccc1OC. The Balaban J connectivity index is 1.99. The van der Waals surface area contributed by atoms with E-state index in [0.717, 1.165) is 29.2 Å². The second kappa shape index (κ2) is 8.29. The number of aliphatic hydroxyl groups excluding tert-OH is 1. The zero-order valence-electron chi connectivity index (χ0n) is 13.1. The highest BCUT2D eigenvalue weighted by Crippen LogP contribution is 2.28. The van der Waals surface area contributed by atoms with E-state index in [9.17, 15) is 0 Å². The number of nitrogens with zero attached hydrogens (tertiary/aromatic N) is 2. The fourth-order valence-electron chi connectivity index (χ4n) is 2.04. The first-order valence-electron chi connectivity index (χ1n) is 7.43. The van der Waals surface area contributed by atoms with Crippen LogP contribution >= 0.6 is 0 Å².